The molecule has 0 saturated carbocycles. The van der Waals surface area contributed by atoms with E-state index >= 15 is 0 Å². The fourth-order valence-electron chi connectivity index (χ4n) is 2.37. The highest BCUT2D eigenvalue weighted by Gasteiger charge is 2.14. The molecule has 0 unspecified atom stereocenters. The molecule has 3 aromatic rings. The summed E-state index contributed by atoms with van der Waals surface area (Å²) in [4.78, 5) is 12.1. The molecule has 0 radical (unpaired) electrons. The molecule has 0 spiro atoms. The van der Waals surface area contributed by atoms with Crippen molar-refractivity contribution in [2.75, 3.05) is 0 Å². The summed E-state index contributed by atoms with van der Waals surface area (Å²) in [5, 5.41) is 6.82. The van der Waals surface area contributed by atoms with E-state index in [4.69, 9.17) is 8.94 Å². The average Bonchev–Trinajstić information content (AvgIpc) is 3.12. The molecule has 5 nitrogen and oxygen atoms in total. The zero-order chi connectivity index (χ0) is 16.4. The third-order valence-electron chi connectivity index (χ3n) is 3.61. The molecule has 2 aromatic heterocycles. The van der Waals surface area contributed by atoms with E-state index in [9.17, 15) is 4.79 Å². The van der Waals surface area contributed by atoms with Gasteiger partial charge in [0, 0.05) is 11.6 Å². The lowest BCUT2D eigenvalue weighted by molar-refractivity contribution is 0.0948. The SMILES string of the molecule is Cc1ccc(-c2cc(CNC(=O)c3cc(C)oc3C)no2)cc1. The summed E-state index contributed by atoms with van der Waals surface area (Å²) in [5.74, 6) is 1.83. The zero-order valence-electron chi connectivity index (χ0n) is 13.3. The fourth-order valence-corrected chi connectivity index (χ4v) is 2.37. The summed E-state index contributed by atoms with van der Waals surface area (Å²) in [5.41, 5.74) is 3.37. The van der Waals surface area contributed by atoms with Crippen molar-refractivity contribution < 1.29 is 13.7 Å². The normalized spacial score (nSPS) is 10.7. The molecule has 1 amide bonds. The molecule has 2 heterocycles. The summed E-state index contributed by atoms with van der Waals surface area (Å²) in [6.07, 6.45) is 0. The molecule has 0 atom stereocenters. The van der Waals surface area contributed by atoms with E-state index in [0.29, 0.717) is 29.3 Å². The van der Waals surface area contributed by atoms with Gasteiger partial charge < -0.3 is 14.3 Å². The first-order valence-electron chi connectivity index (χ1n) is 7.41. The lowest BCUT2D eigenvalue weighted by Crippen LogP contribution is -2.23. The molecule has 118 valence electrons. The van der Waals surface area contributed by atoms with Crippen molar-refractivity contribution in [2.24, 2.45) is 0 Å². The number of furan rings is 1. The van der Waals surface area contributed by atoms with Gasteiger partial charge in [0.05, 0.1) is 12.1 Å². The Morgan fingerprint density at radius 3 is 2.52 bits per heavy atom. The van der Waals surface area contributed by atoms with Crippen molar-refractivity contribution in [2.45, 2.75) is 27.3 Å². The molecule has 23 heavy (non-hydrogen) atoms. The second kappa shape index (κ2) is 6.12. The number of nitrogens with zero attached hydrogens (tertiary/aromatic N) is 1. The Kier molecular flexibility index (Phi) is 4.02. The van der Waals surface area contributed by atoms with Gasteiger partial charge in [-0.15, -0.1) is 0 Å². The van der Waals surface area contributed by atoms with Crippen LogP contribution in [0.1, 0.15) is 33.1 Å². The van der Waals surface area contributed by atoms with Crippen molar-refractivity contribution in [1.29, 1.82) is 0 Å². The van der Waals surface area contributed by atoms with Crippen LogP contribution in [0.15, 0.2) is 45.3 Å². The maximum Gasteiger partial charge on any atom is 0.255 e. The van der Waals surface area contributed by atoms with E-state index in [2.05, 4.69) is 10.5 Å². The number of carbonyl (C=O) groups is 1. The van der Waals surface area contributed by atoms with Gasteiger partial charge >= 0.3 is 0 Å². The smallest absolute Gasteiger partial charge is 0.255 e. The van der Waals surface area contributed by atoms with Crippen molar-refractivity contribution >= 4 is 5.91 Å². The lowest BCUT2D eigenvalue weighted by Gasteiger charge is -2.00. The van der Waals surface area contributed by atoms with Crippen molar-refractivity contribution in [3.8, 4) is 11.3 Å². The Morgan fingerprint density at radius 1 is 1.13 bits per heavy atom. The Hall–Kier alpha value is -2.82. The van der Waals surface area contributed by atoms with Gasteiger partial charge in [0.1, 0.15) is 17.2 Å². The van der Waals surface area contributed by atoms with E-state index in [-0.39, 0.29) is 5.91 Å². The van der Waals surface area contributed by atoms with Gasteiger partial charge in [0.15, 0.2) is 5.76 Å². The summed E-state index contributed by atoms with van der Waals surface area (Å²) < 4.78 is 10.7. The highest BCUT2D eigenvalue weighted by Crippen LogP contribution is 2.21. The van der Waals surface area contributed by atoms with Gasteiger partial charge in [-0.05, 0) is 26.8 Å². The van der Waals surface area contributed by atoms with Crippen LogP contribution < -0.4 is 5.32 Å². The minimum absolute atomic E-state index is 0.181. The number of benzene rings is 1. The molecular weight excluding hydrogens is 292 g/mol. The van der Waals surface area contributed by atoms with Crippen LogP contribution in [-0.4, -0.2) is 11.1 Å². The minimum atomic E-state index is -0.181. The van der Waals surface area contributed by atoms with Crippen molar-refractivity contribution in [3.05, 3.63) is 64.7 Å². The molecule has 0 aliphatic carbocycles. The van der Waals surface area contributed by atoms with E-state index in [1.165, 1.54) is 5.56 Å². The fraction of sp³-hybridized carbons (Fsp3) is 0.222. The molecule has 0 bridgehead atoms. The van der Waals surface area contributed by atoms with Crippen LogP contribution in [0, 0.1) is 20.8 Å². The molecule has 1 aromatic carbocycles. The highest BCUT2D eigenvalue weighted by molar-refractivity contribution is 5.95. The van der Waals surface area contributed by atoms with Crippen molar-refractivity contribution in [1.82, 2.24) is 10.5 Å². The largest absolute Gasteiger partial charge is 0.466 e. The summed E-state index contributed by atoms with van der Waals surface area (Å²) in [7, 11) is 0. The molecule has 0 aliphatic rings. The average molecular weight is 310 g/mol. The monoisotopic (exact) mass is 310 g/mol. The van der Waals surface area contributed by atoms with Gasteiger partial charge in [-0.3, -0.25) is 4.79 Å². The van der Waals surface area contributed by atoms with Gasteiger partial charge in [-0.25, -0.2) is 0 Å². The van der Waals surface area contributed by atoms with Gasteiger partial charge in [-0.1, -0.05) is 35.0 Å². The van der Waals surface area contributed by atoms with E-state index in [1.807, 2.05) is 44.2 Å². The first kappa shape index (κ1) is 15.1. The Labute approximate surface area is 134 Å². The van der Waals surface area contributed by atoms with Gasteiger partial charge in [0.2, 0.25) is 0 Å². The van der Waals surface area contributed by atoms with E-state index < -0.39 is 0 Å². The third kappa shape index (κ3) is 3.34. The van der Waals surface area contributed by atoms with Gasteiger partial charge in [0.25, 0.3) is 5.91 Å². The number of hydrogen-bond donors (Lipinski definition) is 1. The van der Waals surface area contributed by atoms with Crippen LogP contribution in [0.2, 0.25) is 0 Å². The predicted molar refractivity (Wildman–Crippen MR) is 86.0 cm³/mol. The number of rotatable bonds is 4. The second-order valence-corrected chi connectivity index (χ2v) is 5.56. The molecule has 3 rings (SSSR count). The number of carbonyl (C=O) groups excluding carboxylic acids is 1. The van der Waals surface area contributed by atoms with Crippen LogP contribution in [0.3, 0.4) is 0 Å². The highest BCUT2D eigenvalue weighted by atomic mass is 16.5. The van der Waals surface area contributed by atoms with Crippen LogP contribution in [-0.2, 0) is 6.54 Å². The topological polar surface area (TPSA) is 68.3 Å². The molecule has 0 aliphatic heterocycles. The Balaban J connectivity index is 1.66. The molecule has 5 heteroatoms. The Morgan fingerprint density at radius 2 is 1.87 bits per heavy atom. The molecule has 0 fully saturated rings. The third-order valence-corrected chi connectivity index (χ3v) is 3.61. The molecular formula is C18H18N2O3. The van der Waals surface area contributed by atoms with Crippen LogP contribution in [0.5, 0.6) is 0 Å². The minimum Gasteiger partial charge on any atom is -0.466 e. The maximum atomic E-state index is 12.1. The predicted octanol–water partition coefficient (Wildman–Crippen LogP) is 3.79. The maximum absolute atomic E-state index is 12.1. The quantitative estimate of drug-likeness (QED) is 0.796. The number of aromatic nitrogens is 1. The number of hydrogen-bond acceptors (Lipinski definition) is 4. The summed E-state index contributed by atoms with van der Waals surface area (Å²) in [6, 6.07) is 11.6. The molecule has 1 N–H and O–H groups in total. The number of nitrogens with one attached hydrogen (secondary N) is 1. The Bertz CT molecular complexity index is 828. The first-order valence-corrected chi connectivity index (χ1v) is 7.41. The van der Waals surface area contributed by atoms with Crippen LogP contribution in [0.25, 0.3) is 11.3 Å². The van der Waals surface area contributed by atoms with Gasteiger partial charge in [-0.2, -0.15) is 0 Å². The number of aryl methyl sites for hydroxylation is 3. The summed E-state index contributed by atoms with van der Waals surface area (Å²) in [6.45, 7) is 5.92. The second-order valence-electron chi connectivity index (χ2n) is 5.56. The standard InChI is InChI=1S/C18H18N2O3/c1-11-4-6-14(7-5-11)17-9-15(20-23-17)10-19-18(21)16-8-12(2)22-13(16)3/h4-9H,10H2,1-3H3,(H,19,21). The summed E-state index contributed by atoms with van der Waals surface area (Å²) >= 11 is 0. The van der Waals surface area contributed by atoms with Crippen LogP contribution in [0.4, 0.5) is 0 Å². The van der Waals surface area contributed by atoms with E-state index in [1.54, 1.807) is 13.0 Å². The molecule has 0 saturated heterocycles. The number of amides is 1. The van der Waals surface area contributed by atoms with Crippen LogP contribution >= 0.6 is 0 Å². The lowest BCUT2D eigenvalue weighted by atomic mass is 10.1. The van der Waals surface area contributed by atoms with E-state index in [0.717, 1.165) is 11.3 Å². The zero-order valence-corrected chi connectivity index (χ0v) is 13.3. The van der Waals surface area contributed by atoms with Crippen molar-refractivity contribution in [3.63, 3.8) is 0 Å². The first-order chi connectivity index (χ1) is 11.0.